The zero-order valence-electron chi connectivity index (χ0n) is 25.7. The van der Waals surface area contributed by atoms with Gasteiger partial charge in [0.1, 0.15) is 0 Å². The normalized spacial score (nSPS) is 13.3. The maximum Gasteiger partial charge on any atom is 0.220 e. The van der Waals surface area contributed by atoms with E-state index in [-0.39, 0.29) is 12.5 Å². The van der Waals surface area contributed by atoms with Crippen LogP contribution in [0.15, 0.2) is 12.2 Å². The van der Waals surface area contributed by atoms with Crippen molar-refractivity contribution < 1.29 is 15.0 Å². The molecule has 38 heavy (non-hydrogen) atoms. The third-order valence-corrected chi connectivity index (χ3v) is 7.77. The molecule has 2 atom stereocenters. The van der Waals surface area contributed by atoms with E-state index in [0.29, 0.717) is 6.42 Å². The second kappa shape index (κ2) is 30.7. The summed E-state index contributed by atoms with van der Waals surface area (Å²) in [4.78, 5) is 12.2. The Morgan fingerprint density at radius 1 is 0.605 bits per heavy atom. The van der Waals surface area contributed by atoms with Gasteiger partial charge in [-0.25, -0.2) is 0 Å². The zero-order chi connectivity index (χ0) is 27.9. The summed E-state index contributed by atoms with van der Waals surface area (Å²) in [5, 5.41) is 22.8. The van der Waals surface area contributed by atoms with Crippen LogP contribution in [0.4, 0.5) is 0 Å². The highest BCUT2D eigenvalue weighted by Gasteiger charge is 2.17. The van der Waals surface area contributed by atoms with E-state index in [0.717, 1.165) is 25.7 Å². The number of allylic oxidation sites excluding steroid dienone is 1. The standard InChI is InChI=1S/C34H67NO3/c1-3-5-7-9-11-13-15-17-19-21-23-25-27-29-33(37)32(31-36)35-34(38)30-28-26-24-22-20-18-16-14-12-10-8-6-4-2/h27,29,32-33,36-37H,3-26,28,30-31H2,1-2H3,(H,35,38)/b29-27+/t32-,33?/m0/s1. The first-order chi connectivity index (χ1) is 18.7. The average molecular weight is 538 g/mol. The topological polar surface area (TPSA) is 69.6 Å². The molecule has 0 saturated carbocycles. The minimum absolute atomic E-state index is 0.0649. The van der Waals surface area contributed by atoms with Crippen LogP contribution in [0, 0.1) is 0 Å². The van der Waals surface area contributed by atoms with Gasteiger partial charge in [-0.05, 0) is 19.3 Å². The van der Waals surface area contributed by atoms with Crippen LogP contribution in [0.2, 0.25) is 0 Å². The highest BCUT2D eigenvalue weighted by molar-refractivity contribution is 5.76. The molecule has 0 aliphatic heterocycles. The number of nitrogens with one attached hydrogen (secondary N) is 1. The molecule has 0 heterocycles. The summed E-state index contributed by atoms with van der Waals surface area (Å²) >= 11 is 0. The van der Waals surface area contributed by atoms with Crippen molar-refractivity contribution in [3.63, 3.8) is 0 Å². The third-order valence-electron chi connectivity index (χ3n) is 7.77. The molecule has 0 spiro atoms. The van der Waals surface area contributed by atoms with Crippen molar-refractivity contribution >= 4 is 5.91 Å². The fraction of sp³-hybridized carbons (Fsp3) is 0.912. The number of aliphatic hydroxyl groups is 2. The van der Waals surface area contributed by atoms with Crippen molar-refractivity contribution in [3.05, 3.63) is 12.2 Å². The van der Waals surface area contributed by atoms with Gasteiger partial charge in [0.15, 0.2) is 0 Å². The Morgan fingerprint density at radius 2 is 0.974 bits per heavy atom. The Kier molecular flexibility index (Phi) is 30.0. The lowest BCUT2D eigenvalue weighted by atomic mass is 10.0. The van der Waals surface area contributed by atoms with Crippen LogP contribution in [0.1, 0.15) is 181 Å². The Labute approximate surface area is 237 Å². The molecule has 4 heteroatoms. The van der Waals surface area contributed by atoms with E-state index >= 15 is 0 Å². The number of amides is 1. The maximum atomic E-state index is 12.2. The summed E-state index contributed by atoms with van der Waals surface area (Å²) in [5.74, 6) is -0.0649. The lowest BCUT2D eigenvalue weighted by Gasteiger charge is -2.20. The van der Waals surface area contributed by atoms with Crippen molar-refractivity contribution in [2.24, 2.45) is 0 Å². The zero-order valence-corrected chi connectivity index (χ0v) is 25.7. The summed E-state index contributed by atoms with van der Waals surface area (Å²) in [7, 11) is 0. The van der Waals surface area contributed by atoms with E-state index in [9.17, 15) is 15.0 Å². The molecule has 0 aromatic heterocycles. The van der Waals surface area contributed by atoms with Crippen LogP contribution < -0.4 is 5.32 Å². The van der Waals surface area contributed by atoms with E-state index in [2.05, 4.69) is 19.2 Å². The van der Waals surface area contributed by atoms with Gasteiger partial charge in [-0.1, -0.05) is 167 Å². The molecule has 226 valence electrons. The van der Waals surface area contributed by atoms with E-state index in [1.54, 1.807) is 6.08 Å². The van der Waals surface area contributed by atoms with Crippen molar-refractivity contribution in [1.82, 2.24) is 5.32 Å². The quantitative estimate of drug-likeness (QED) is 0.0631. The Balaban J connectivity index is 3.63. The van der Waals surface area contributed by atoms with Crippen LogP contribution >= 0.6 is 0 Å². The smallest absolute Gasteiger partial charge is 0.220 e. The molecular weight excluding hydrogens is 470 g/mol. The molecular formula is C34H67NO3. The molecule has 3 N–H and O–H groups in total. The summed E-state index contributed by atoms with van der Waals surface area (Å²) in [5.41, 5.74) is 0. The molecule has 1 unspecified atom stereocenters. The van der Waals surface area contributed by atoms with Gasteiger partial charge in [-0.2, -0.15) is 0 Å². The fourth-order valence-electron chi connectivity index (χ4n) is 5.12. The van der Waals surface area contributed by atoms with Gasteiger partial charge in [-0.3, -0.25) is 4.79 Å². The van der Waals surface area contributed by atoms with Crippen molar-refractivity contribution in [3.8, 4) is 0 Å². The summed E-state index contributed by atoms with van der Waals surface area (Å²) in [6.07, 6.45) is 35.7. The molecule has 4 nitrogen and oxygen atoms in total. The van der Waals surface area contributed by atoms with Gasteiger partial charge in [0, 0.05) is 6.42 Å². The number of hydrogen-bond acceptors (Lipinski definition) is 3. The van der Waals surface area contributed by atoms with Gasteiger partial charge < -0.3 is 15.5 Å². The first-order valence-electron chi connectivity index (χ1n) is 16.9. The number of hydrogen-bond donors (Lipinski definition) is 3. The van der Waals surface area contributed by atoms with E-state index < -0.39 is 12.1 Å². The lowest BCUT2D eigenvalue weighted by molar-refractivity contribution is -0.123. The number of carbonyl (C=O) groups excluding carboxylic acids is 1. The first kappa shape index (κ1) is 37.1. The maximum absolute atomic E-state index is 12.2. The molecule has 0 bridgehead atoms. The van der Waals surface area contributed by atoms with Gasteiger partial charge >= 0.3 is 0 Å². The first-order valence-corrected chi connectivity index (χ1v) is 16.9. The largest absolute Gasteiger partial charge is 0.394 e. The summed E-state index contributed by atoms with van der Waals surface area (Å²) in [6, 6.07) is -0.613. The molecule has 0 aliphatic rings. The van der Waals surface area contributed by atoms with E-state index in [1.165, 1.54) is 135 Å². The highest BCUT2D eigenvalue weighted by atomic mass is 16.3. The van der Waals surface area contributed by atoms with Gasteiger partial charge in [0.2, 0.25) is 5.91 Å². The molecule has 0 aromatic rings. The molecule has 1 amide bonds. The second-order valence-electron chi connectivity index (χ2n) is 11.6. The number of aliphatic hydroxyl groups excluding tert-OH is 2. The molecule has 0 fully saturated rings. The monoisotopic (exact) mass is 538 g/mol. The van der Waals surface area contributed by atoms with Crippen LogP contribution in [-0.4, -0.2) is 34.9 Å². The van der Waals surface area contributed by atoms with Crippen molar-refractivity contribution in [1.29, 1.82) is 0 Å². The van der Waals surface area contributed by atoms with Gasteiger partial charge in [-0.15, -0.1) is 0 Å². The average Bonchev–Trinajstić information content (AvgIpc) is 2.92. The van der Waals surface area contributed by atoms with Gasteiger partial charge in [0.05, 0.1) is 18.8 Å². The van der Waals surface area contributed by atoms with Crippen molar-refractivity contribution in [2.75, 3.05) is 6.61 Å². The highest BCUT2D eigenvalue weighted by Crippen LogP contribution is 2.14. The minimum atomic E-state index is -0.830. The molecule has 0 aromatic carbocycles. The summed E-state index contributed by atoms with van der Waals surface area (Å²) in [6.45, 7) is 4.29. The SMILES string of the molecule is CCCCCCCCCCCCC/C=C/C(O)[C@H](CO)NC(=O)CCCCCCCCCCCCCCC. The fourth-order valence-corrected chi connectivity index (χ4v) is 5.12. The van der Waals surface area contributed by atoms with Crippen molar-refractivity contribution in [2.45, 2.75) is 193 Å². The predicted octanol–water partition coefficient (Wildman–Crippen LogP) is 9.56. The Morgan fingerprint density at radius 3 is 1.37 bits per heavy atom. The van der Waals surface area contributed by atoms with Crippen LogP contribution in [0.5, 0.6) is 0 Å². The third kappa shape index (κ3) is 26.7. The predicted molar refractivity (Wildman–Crippen MR) is 166 cm³/mol. The number of unbranched alkanes of at least 4 members (excludes halogenated alkanes) is 23. The Bertz CT molecular complexity index is 508. The van der Waals surface area contributed by atoms with Crippen LogP contribution in [0.3, 0.4) is 0 Å². The second-order valence-corrected chi connectivity index (χ2v) is 11.6. The Hall–Kier alpha value is -0.870. The minimum Gasteiger partial charge on any atom is -0.394 e. The lowest BCUT2D eigenvalue weighted by Crippen LogP contribution is -2.45. The van der Waals surface area contributed by atoms with Gasteiger partial charge in [0.25, 0.3) is 0 Å². The van der Waals surface area contributed by atoms with Crippen LogP contribution in [-0.2, 0) is 4.79 Å². The molecule has 0 saturated heterocycles. The molecule has 0 radical (unpaired) electrons. The molecule has 0 aliphatic carbocycles. The molecule has 0 rings (SSSR count). The van der Waals surface area contributed by atoms with E-state index in [1.807, 2.05) is 6.08 Å². The number of carbonyl (C=O) groups is 1. The summed E-state index contributed by atoms with van der Waals surface area (Å²) < 4.78 is 0. The van der Waals surface area contributed by atoms with Crippen LogP contribution in [0.25, 0.3) is 0 Å². The number of rotatable bonds is 30. The van der Waals surface area contributed by atoms with E-state index in [4.69, 9.17) is 0 Å².